The summed E-state index contributed by atoms with van der Waals surface area (Å²) >= 11 is 0. The molecule has 0 saturated heterocycles. The van der Waals surface area contributed by atoms with Gasteiger partial charge in [-0.3, -0.25) is 0 Å². The van der Waals surface area contributed by atoms with Crippen LogP contribution in [0.2, 0.25) is 0 Å². The van der Waals surface area contributed by atoms with Gasteiger partial charge in [0.25, 0.3) is 0 Å². The predicted octanol–water partition coefficient (Wildman–Crippen LogP) is 5.65. The molecule has 0 radical (unpaired) electrons. The largest absolute Gasteiger partial charge is 0.496 e. The van der Waals surface area contributed by atoms with Crippen molar-refractivity contribution in [3.8, 4) is 5.75 Å². The smallest absolute Gasteiger partial charge is 0.130 e. The van der Waals surface area contributed by atoms with Crippen LogP contribution in [0.15, 0.2) is 97.1 Å². The SMILES string of the molecule is COc1c(Cc2ccccc2)cc(Cc2ccccc2)cc1Pc1ccccc1F. The first kappa shape index (κ1) is 20.3. The van der Waals surface area contributed by atoms with Crippen molar-refractivity contribution in [2.24, 2.45) is 0 Å². The summed E-state index contributed by atoms with van der Waals surface area (Å²) < 4.78 is 20.2. The van der Waals surface area contributed by atoms with Crippen LogP contribution in [0, 0.1) is 5.82 Å². The highest BCUT2D eigenvalue weighted by atomic mass is 31.1. The summed E-state index contributed by atoms with van der Waals surface area (Å²) in [6.45, 7) is 0. The molecule has 0 bridgehead atoms. The molecule has 0 saturated carbocycles. The molecule has 0 heterocycles. The minimum atomic E-state index is -0.170. The van der Waals surface area contributed by atoms with Crippen LogP contribution in [0.25, 0.3) is 0 Å². The lowest BCUT2D eigenvalue weighted by molar-refractivity contribution is 0.414. The van der Waals surface area contributed by atoms with Gasteiger partial charge in [0.05, 0.1) is 7.11 Å². The van der Waals surface area contributed by atoms with Crippen molar-refractivity contribution in [2.45, 2.75) is 12.8 Å². The summed E-state index contributed by atoms with van der Waals surface area (Å²) in [5, 5.41) is 1.75. The number of hydrogen-bond acceptors (Lipinski definition) is 1. The highest BCUT2D eigenvalue weighted by molar-refractivity contribution is 7.55. The molecule has 1 nitrogen and oxygen atoms in total. The zero-order valence-electron chi connectivity index (χ0n) is 16.9. The van der Waals surface area contributed by atoms with Crippen molar-refractivity contribution < 1.29 is 9.13 Å². The van der Waals surface area contributed by atoms with Gasteiger partial charge in [-0.15, -0.1) is 0 Å². The molecule has 0 aliphatic heterocycles. The second-order valence-electron chi connectivity index (χ2n) is 7.27. The quantitative estimate of drug-likeness (QED) is 0.355. The van der Waals surface area contributed by atoms with E-state index in [4.69, 9.17) is 4.74 Å². The van der Waals surface area contributed by atoms with E-state index in [1.165, 1.54) is 22.8 Å². The summed E-state index contributed by atoms with van der Waals surface area (Å²) in [6.07, 6.45) is 1.61. The molecule has 4 aromatic rings. The Morgan fingerprint density at radius 3 is 1.90 bits per heavy atom. The Balaban J connectivity index is 1.76. The molecule has 0 aliphatic rings. The Bertz CT molecular complexity index is 1110. The summed E-state index contributed by atoms with van der Waals surface area (Å²) in [4.78, 5) is 0. The van der Waals surface area contributed by atoms with Crippen molar-refractivity contribution in [1.29, 1.82) is 0 Å². The van der Waals surface area contributed by atoms with E-state index in [1.54, 1.807) is 13.2 Å². The maximum absolute atomic E-state index is 14.4. The van der Waals surface area contributed by atoms with Gasteiger partial charge in [0.1, 0.15) is 11.6 Å². The third-order valence-corrected chi connectivity index (χ3v) is 6.38. The summed E-state index contributed by atoms with van der Waals surface area (Å²) in [5.41, 5.74) is 4.84. The van der Waals surface area contributed by atoms with Gasteiger partial charge in [-0.2, -0.15) is 0 Å². The molecule has 1 unspecified atom stereocenters. The summed E-state index contributed by atoms with van der Waals surface area (Å²) in [5.74, 6) is 0.688. The van der Waals surface area contributed by atoms with Gasteiger partial charge in [0, 0.05) is 17.0 Å². The Labute approximate surface area is 179 Å². The number of ether oxygens (including phenoxy) is 1. The number of benzene rings is 4. The number of rotatable bonds is 7. The molecule has 0 aliphatic carbocycles. The lowest BCUT2D eigenvalue weighted by Crippen LogP contribution is -2.13. The zero-order valence-corrected chi connectivity index (χ0v) is 17.9. The van der Waals surface area contributed by atoms with Gasteiger partial charge in [-0.05, 0) is 40.8 Å². The second kappa shape index (κ2) is 9.69. The third-order valence-electron chi connectivity index (χ3n) is 5.06. The molecule has 0 N–H and O–H groups in total. The number of halogens is 1. The van der Waals surface area contributed by atoms with E-state index in [0.29, 0.717) is 5.30 Å². The first-order valence-electron chi connectivity index (χ1n) is 10.0. The topological polar surface area (TPSA) is 9.23 Å². The number of methoxy groups -OCH3 is 1. The molecule has 0 fully saturated rings. The summed E-state index contributed by atoms with van der Waals surface area (Å²) in [7, 11) is 1.90. The van der Waals surface area contributed by atoms with E-state index in [1.807, 2.05) is 24.3 Å². The normalized spacial score (nSPS) is 11.1. The Hall–Kier alpha value is -2.96. The maximum Gasteiger partial charge on any atom is 0.130 e. The van der Waals surface area contributed by atoms with E-state index in [0.717, 1.165) is 29.5 Å². The van der Waals surface area contributed by atoms with Crippen LogP contribution in [0.4, 0.5) is 4.39 Å². The van der Waals surface area contributed by atoms with Crippen LogP contribution in [-0.2, 0) is 12.8 Å². The molecule has 0 amide bonds. The minimum Gasteiger partial charge on any atom is -0.496 e. The molecule has 4 rings (SSSR count). The lowest BCUT2D eigenvalue weighted by Gasteiger charge is -2.17. The first-order valence-corrected chi connectivity index (χ1v) is 11.0. The van der Waals surface area contributed by atoms with Crippen molar-refractivity contribution in [3.05, 3.63) is 125 Å². The van der Waals surface area contributed by atoms with Crippen LogP contribution >= 0.6 is 8.58 Å². The van der Waals surface area contributed by atoms with E-state index in [9.17, 15) is 4.39 Å². The molecular formula is C27H24FOP. The van der Waals surface area contributed by atoms with Crippen molar-refractivity contribution in [2.75, 3.05) is 7.11 Å². The predicted molar refractivity (Wildman–Crippen MR) is 125 cm³/mol. The van der Waals surface area contributed by atoms with Gasteiger partial charge in [0.15, 0.2) is 0 Å². The fourth-order valence-corrected chi connectivity index (χ4v) is 4.98. The van der Waals surface area contributed by atoms with E-state index >= 15 is 0 Å². The lowest BCUT2D eigenvalue weighted by atomic mass is 9.98. The molecule has 0 spiro atoms. The average Bonchev–Trinajstić information content (AvgIpc) is 2.77. The highest BCUT2D eigenvalue weighted by Crippen LogP contribution is 2.29. The fraction of sp³-hybridized carbons (Fsp3) is 0.111. The maximum atomic E-state index is 14.4. The van der Waals surface area contributed by atoms with Gasteiger partial charge in [0.2, 0.25) is 0 Å². The van der Waals surface area contributed by atoms with Gasteiger partial charge in [-0.1, -0.05) is 93.5 Å². The zero-order chi connectivity index (χ0) is 20.8. The summed E-state index contributed by atoms with van der Waals surface area (Å²) in [6, 6.07) is 32.2. The molecule has 0 aromatic heterocycles. The highest BCUT2D eigenvalue weighted by Gasteiger charge is 2.15. The molecule has 3 heteroatoms. The second-order valence-corrected chi connectivity index (χ2v) is 8.59. The molecular weight excluding hydrogens is 390 g/mol. The number of hydrogen-bond donors (Lipinski definition) is 0. The van der Waals surface area contributed by atoms with Crippen LogP contribution in [0.5, 0.6) is 5.75 Å². The monoisotopic (exact) mass is 414 g/mol. The van der Waals surface area contributed by atoms with Crippen LogP contribution in [-0.4, -0.2) is 7.11 Å². The third kappa shape index (κ3) is 4.96. The Morgan fingerprint density at radius 2 is 1.27 bits per heavy atom. The minimum absolute atomic E-state index is 0.170. The average molecular weight is 414 g/mol. The van der Waals surface area contributed by atoms with E-state index in [2.05, 4.69) is 60.7 Å². The Kier molecular flexibility index (Phi) is 6.57. The van der Waals surface area contributed by atoms with Crippen LogP contribution in [0.1, 0.15) is 22.3 Å². The van der Waals surface area contributed by atoms with Crippen molar-refractivity contribution >= 4 is 19.2 Å². The fourth-order valence-electron chi connectivity index (χ4n) is 3.68. The molecule has 30 heavy (non-hydrogen) atoms. The Morgan fingerprint density at radius 1 is 0.667 bits per heavy atom. The van der Waals surface area contributed by atoms with Crippen LogP contribution < -0.4 is 15.3 Å². The molecule has 1 atom stereocenters. The van der Waals surface area contributed by atoms with Gasteiger partial charge in [-0.25, -0.2) is 4.39 Å². The first-order chi connectivity index (χ1) is 14.7. The van der Waals surface area contributed by atoms with E-state index in [-0.39, 0.29) is 14.4 Å². The molecule has 150 valence electrons. The van der Waals surface area contributed by atoms with Crippen molar-refractivity contribution in [3.63, 3.8) is 0 Å². The van der Waals surface area contributed by atoms with Gasteiger partial charge >= 0.3 is 0 Å². The standard InChI is InChI=1S/C27H24FOP/c1-29-27-23(17-21-12-6-3-7-13-21)18-22(16-20-10-4-2-5-11-20)19-26(27)30-25-15-9-8-14-24(25)28/h2-15,18-19,30H,16-17H2,1H3. The molecule has 4 aromatic carbocycles. The van der Waals surface area contributed by atoms with Gasteiger partial charge < -0.3 is 4.74 Å². The van der Waals surface area contributed by atoms with Crippen LogP contribution in [0.3, 0.4) is 0 Å². The van der Waals surface area contributed by atoms with E-state index < -0.39 is 0 Å². The van der Waals surface area contributed by atoms with Crippen molar-refractivity contribution in [1.82, 2.24) is 0 Å².